The normalized spacial score (nSPS) is 15.4. The Kier molecular flexibility index (Phi) is 7.92. The molecule has 0 bridgehead atoms. The first-order valence-electron chi connectivity index (χ1n) is 10.8. The van der Waals surface area contributed by atoms with E-state index in [-0.39, 0.29) is 24.3 Å². The molecule has 2 amide bonds. The molecule has 0 aliphatic heterocycles. The van der Waals surface area contributed by atoms with E-state index in [9.17, 15) is 9.59 Å². The van der Waals surface area contributed by atoms with Crippen molar-refractivity contribution in [1.82, 2.24) is 10.2 Å². The van der Waals surface area contributed by atoms with Gasteiger partial charge in [-0.05, 0) is 55.5 Å². The number of rotatable bonds is 7. The molecule has 0 unspecified atom stereocenters. The molecule has 0 aromatic heterocycles. The third-order valence-corrected chi connectivity index (χ3v) is 6.20. The number of hydrogen-bond donors (Lipinski definition) is 1. The third kappa shape index (κ3) is 6.09. The summed E-state index contributed by atoms with van der Waals surface area (Å²) in [5.41, 5.74) is 2.98. The van der Waals surface area contributed by atoms with Crippen LogP contribution in [0.15, 0.2) is 48.5 Å². The van der Waals surface area contributed by atoms with E-state index in [1.807, 2.05) is 62.4 Å². The Morgan fingerprint density at radius 1 is 1.10 bits per heavy atom. The highest BCUT2D eigenvalue weighted by Gasteiger charge is 2.28. The maximum Gasteiger partial charge on any atom is 0.242 e. The summed E-state index contributed by atoms with van der Waals surface area (Å²) in [5, 5.41) is 3.79. The van der Waals surface area contributed by atoms with Crippen molar-refractivity contribution in [1.29, 1.82) is 0 Å². The zero-order valence-electron chi connectivity index (χ0n) is 17.9. The quantitative estimate of drug-likeness (QED) is 0.672. The average Bonchev–Trinajstić information content (AvgIpc) is 2.74. The van der Waals surface area contributed by atoms with E-state index in [2.05, 4.69) is 5.32 Å². The van der Waals surface area contributed by atoms with Crippen LogP contribution in [0.25, 0.3) is 0 Å². The van der Waals surface area contributed by atoms with Crippen molar-refractivity contribution < 1.29 is 9.59 Å². The first kappa shape index (κ1) is 22.4. The molecule has 1 fully saturated rings. The minimum atomic E-state index is -0.553. The van der Waals surface area contributed by atoms with Gasteiger partial charge >= 0.3 is 0 Å². The number of benzene rings is 2. The van der Waals surface area contributed by atoms with E-state index in [1.165, 1.54) is 6.42 Å². The van der Waals surface area contributed by atoms with Gasteiger partial charge in [-0.15, -0.1) is 0 Å². The molecule has 4 nitrogen and oxygen atoms in total. The van der Waals surface area contributed by atoms with Crippen molar-refractivity contribution in [2.45, 2.75) is 71.0 Å². The van der Waals surface area contributed by atoms with Crippen molar-refractivity contribution >= 4 is 23.4 Å². The minimum Gasteiger partial charge on any atom is -0.352 e. The fourth-order valence-electron chi connectivity index (χ4n) is 4.06. The predicted octanol–water partition coefficient (Wildman–Crippen LogP) is 5.06. The lowest BCUT2D eigenvalue weighted by molar-refractivity contribution is -0.140. The summed E-state index contributed by atoms with van der Waals surface area (Å²) >= 11 is 6.15. The second-order valence-corrected chi connectivity index (χ2v) is 8.71. The molecule has 1 aliphatic rings. The van der Waals surface area contributed by atoms with E-state index in [1.54, 1.807) is 4.90 Å². The summed E-state index contributed by atoms with van der Waals surface area (Å²) in [5.74, 6) is -0.141. The molecular weight excluding hydrogens is 396 g/mol. The van der Waals surface area contributed by atoms with Crippen LogP contribution >= 0.6 is 11.6 Å². The van der Waals surface area contributed by atoms with Crippen LogP contribution in [0.4, 0.5) is 0 Å². The lowest BCUT2D eigenvalue weighted by atomic mass is 9.95. The second kappa shape index (κ2) is 10.6. The van der Waals surface area contributed by atoms with Crippen molar-refractivity contribution in [3.63, 3.8) is 0 Å². The lowest BCUT2D eigenvalue weighted by Gasteiger charge is -2.31. The molecule has 3 rings (SSSR count). The van der Waals surface area contributed by atoms with Crippen molar-refractivity contribution in [3.05, 3.63) is 70.2 Å². The van der Waals surface area contributed by atoms with Crippen LogP contribution in [0.1, 0.15) is 55.7 Å². The monoisotopic (exact) mass is 426 g/mol. The smallest absolute Gasteiger partial charge is 0.242 e. The van der Waals surface area contributed by atoms with Gasteiger partial charge in [-0.1, -0.05) is 67.3 Å². The predicted molar refractivity (Wildman–Crippen MR) is 121 cm³/mol. The Labute approximate surface area is 184 Å². The third-order valence-electron chi connectivity index (χ3n) is 5.96. The van der Waals surface area contributed by atoms with Gasteiger partial charge in [0.05, 0.1) is 6.42 Å². The topological polar surface area (TPSA) is 49.4 Å². The molecule has 160 valence electrons. The number of aryl methyl sites for hydroxylation is 1. The molecule has 1 aliphatic carbocycles. The van der Waals surface area contributed by atoms with Crippen molar-refractivity contribution in [3.8, 4) is 0 Å². The fraction of sp³-hybridized carbons (Fsp3) is 0.440. The van der Waals surface area contributed by atoms with Crippen LogP contribution in [0.5, 0.6) is 0 Å². The molecule has 1 saturated carbocycles. The Hall–Kier alpha value is -2.33. The van der Waals surface area contributed by atoms with Crippen LogP contribution < -0.4 is 5.32 Å². The Bertz CT molecular complexity index is 877. The highest BCUT2D eigenvalue weighted by atomic mass is 35.5. The van der Waals surface area contributed by atoms with Gasteiger partial charge in [0.1, 0.15) is 6.04 Å². The average molecular weight is 427 g/mol. The molecule has 0 saturated heterocycles. The van der Waals surface area contributed by atoms with Gasteiger partial charge < -0.3 is 10.2 Å². The molecule has 0 heterocycles. The molecule has 0 spiro atoms. The van der Waals surface area contributed by atoms with Crippen LogP contribution in [0.3, 0.4) is 0 Å². The van der Waals surface area contributed by atoms with Gasteiger partial charge in [0.15, 0.2) is 0 Å². The van der Waals surface area contributed by atoms with Gasteiger partial charge in [-0.25, -0.2) is 0 Å². The number of carbonyl (C=O) groups is 2. The number of carbonyl (C=O) groups excluding carboxylic acids is 2. The van der Waals surface area contributed by atoms with Crippen LogP contribution in [-0.4, -0.2) is 28.8 Å². The largest absolute Gasteiger partial charge is 0.352 e. The molecule has 30 heavy (non-hydrogen) atoms. The number of hydrogen-bond acceptors (Lipinski definition) is 2. The van der Waals surface area contributed by atoms with E-state index >= 15 is 0 Å². The summed E-state index contributed by atoms with van der Waals surface area (Å²) in [7, 11) is 0. The van der Waals surface area contributed by atoms with Gasteiger partial charge in [-0.2, -0.15) is 0 Å². The summed E-state index contributed by atoms with van der Waals surface area (Å²) < 4.78 is 0. The first-order valence-corrected chi connectivity index (χ1v) is 11.2. The lowest BCUT2D eigenvalue weighted by Crippen LogP contribution is -2.50. The summed E-state index contributed by atoms with van der Waals surface area (Å²) in [6.45, 7) is 4.17. The number of halogens is 1. The summed E-state index contributed by atoms with van der Waals surface area (Å²) in [6.07, 6.45) is 5.84. The van der Waals surface area contributed by atoms with E-state index in [0.717, 1.165) is 42.4 Å². The van der Waals surface area contributed by atoms with Crippen LogP contribution in [0, 0.1) is 6.92 Å². The molecule has 0 radical (unpaired) electrons. The highest BCUT2D eigenvalue weighted by molar-refractivity contribution is 6.30. The molecule has 5 heteroatoms. The van der Waals surface area contributed by atoms with Crippen LogP contribution in [-0.2, 0) is 22.6 Å². The molecule has 1 atom stereocenters. The number of nitrogens with one attached hydrogen (secondary N) is 1. The van der Waals surface area contributed by atoms with E-state index in [4.69, 9.17) is 11.6 Å². The Morgan fingerprint density at radius 3 is 2.53 bits per heavy atom. The molecular formula is C25H31ClN2O2. The summed E-state index contributed by atoms with van der Waals surface area (Å²) in [6, 6.07) is 15.0. The second-order valence-electron chi connectivity index (χ2n) is 8.27. The minimum absolute atomic E-state index is 0.0597. The number of amides is 2. The number of nitrogens with zero attached hydrogens (tertiary/aromatic N) is 1. The van der Waals surface area contributed by atoms with Crippen molar-refractivity contribution in [2.75, 3.05) is 0 Å². The molecule has 2 aromatic rings. The fourth-order valence-corrected chi connectivity index (χ4v) is 4.27. The molecule has 2 aromatic carbocycles. The zero-order chi connectivity index (χ0) is 21.5. The maximum atomic E-state index is 13.3. The van der Waals surface area contributed by atoms with Crippen molar-refractivity contribution in [2.24, 2.45) is 0 Å². The Morgan fingerprint density at radius 2 is 1.83 bits per heavy atom. The van der Waals surface area contributed by atoms with Gasteiger partial charge in [-0.3, -0.25) is 9.59 Å². The highest BCUT2D eigenvalue weighted by Crippen LogP contribution is 2.20. The van der Waals surface area contributed by atoms with Gasteiger partial charge in [0.2, 0.25) is 11.8 Å². The Balaban J connectivity index is 1.77. The standard InChI is InChI=1S/C25H31ClN2O2/c1-18-9-6-7-11-21(18)16-24(29)28(17-20-10-8-12-22(26)15-20)19(2)25(30)27-23-13-4-3-5-14-23/h6-12,15,19,23H,3-5,13-14,16-17H2,1-2H3,(H,27,30)/t19-/m1/s1. The van der Waals surface area contributed by atoms with E-state index in [0.29, 0.717) is 11.6 Å². The summed E-state index contributed by atoms with van der Waals surface area (Å²) in [4.78, 5) is 28.0. The van der Waals surface area contributed by atoms with Crippen LogP contribution in [0.2, 0.25) is 5.02 Å². The maximum absolute atomic E-state index is 13.3. The van der Waals surface area contributed by atoms with Gasteiger partial charge in [0, 0.05) is 17.6 Å². The first-order chi connectivity index (χ1) is 14.4. The van der Waals surface area contributed by atoms with E-state index < -0.39 is 6.04 Å². The molecule has 1 N–H and O–H groups in total. The van der Waals surface area contributed by atoms with Gasteiger partial charge in [0.25, 0.3) is 0 Å². The zero-order valence-corrected chi connectivity index (χ0v) is 18.6. The SMILES string of the molecule is Cc1ccccc1CC(=O)N(Cc1cccc(Cl)c1)[C@H](C)C(=O)NC1CCCCC1.